The molecule has 2 N–H and O–H groups in total. The number of likely N-dealkylation sites (N-methyl/N-ethyl adjacent to an activating group) is 1. The fraction of sp³-hybridized carbons (Fsp3) is 0.556. The molecule has 1 aliphatic rings. The molecule has 2 aromatic rings. The number of aryl methyl sites for hydroxylation is 1. The van der Waals surface area contributed by atoms with Crippen LogP contribution in [0.15, 0.2) is 23.7 Å². The first-order valence-electron chi connectivity index (χ1n) is 12.3. The molecule has 1 aliphatic heterocycles. The van der Waals surface area contributed by atoms with Gasteiger partial charge < -0.3 is 20.2 Å². The molecule has 2 heterocycles. The van der Waals surface area contributed by atoms with Crippen LogP contribution in [0.4, 0.5) is 0 Å². The van der Waals surface area contributed by atoms with E-state index in [1.807, 2.05) is 60.2 Å². The van der Waals surface area contributed by atoms with Crippen LogP contribution in [0.1, 0.15) is 58.7 Å². The van der Waals surface area contributed by atoms with Crippen molar-refractivity contribution in [2.24, 2.45) is 5.41 Å². The van der Waals surface area contributed by atoms with Gasteiger partial charge in [0.2, 0.25) is 12.3 Å². The van der Waals surface area contributed by atoms with Crippen LogP contribution in [0.5, 0.6) is 5.75 Å². The predicted molar refractivity (Wildman–Crippen MR) is 144 cm³/mol. The third kappa shape index (κ3) is 8.41. The van der Waals surface area contributed by atoms with Gasteiger partial charge in [-0.2, -0.15) is 0 Å². The van der Waals surface area contributed by atoms with Gasteiger partial charge in [-0.3, -0.25) is 14.5 Å². The summed E-state index contributed by atoms with van der Waals surface area (Å²) in [5.74, 6) is 0.924. The fourth-order valence-electron chi connectivity index (χ4n) is 3.89. The van der Waals surface area contributed by atoms with Crippen LogP contribution < -0.4 is 15.4 Å². The Morgan fingerprint density at radius 1 is 1.31 bits per heavy atom. The maximum Gasteiger partial charge on any atom is 0.237 e. The Morgan fingerprint density at radius 3 is 2.50 bits per heavy atom. The van der Waals surface area contributed by atoms with Gasteiger partial charge in [0.1, 0.15) is 12.0 Å². The van der Waals surface area contributed by atoms with Gasteiger partial charge in [-0.15, -0.1) is 11.3 Å². The zero-order valence-electron chi connectivity index (χ0n) is 22.5. The van der Waals surface area contributed by atoms with E-state index in [1.54, 1.807) is 11.3 Å². The van der Waals surface area contributed by atoms with E-state index in [9.17, 15) is 14.4 Å². The van der Waals surface area contributed by atoms with Crippen molar-refractivity contribution in [1.82, 2.24) is 20.5 Å². The highest BCUT2D eigenvalue weighted by molar-refractivity contribution is 7.13. The average Bonchev–Trinajstić information content (AvgIpc) is 3.43. The van der Waals surface area contributed by atoms with E-state index in [2.05, 4.69) is 32.7 Å². The monoisotopic (exact) mass is 516 g/mol. The number of benzene rings is 1. The minimum absolute atomic E-state index is 0.0106. The molecule has 1 saturated heterocycles. The van der Waals surface area contributed by atoms with Crippen molar-refractivity contribution in [2.45, 2.75) is 79.1 Å². The van der Waals surface area contributed by atoms with Gasteiger partial charge in [0.25, 0.3) is 0 Å². The van der Waals surface area contributed by atoms with Crippen molar-refractivity contribution >= 4 is 29.9 Å². The third-order valence-corrected chi connectivity index (χ3v) is 7.01. The number of aromatic nitrogens is 1. The molecule has 2 unspecified atom stereocenters. The van der Waals surface area contributed by atoms with Crippen LogP contribution in [0.25, 0.3) is 10.4 Å². The molecular formula is C27H40N4O4S. The highest BCUT2D eigenvalue weighted by Crippen LogP contribution is 2.32. The number of nitrogens with one attached hydrogen (secondary N) is 2. The molecule has 2 amide bonds. The molecule has 0 aliphatic carbocycles. The minimum Gasteiger partial charge on any atom is -0.491 e. The lowest BCUT2D eigenvalue weighted by Crippen LogP contribution is -2.41. The molecule has 36 heavy (non-hydrogen) atoms. The number of amides is 2. The second-order valence-electron chi connectivity index (χ2n) is 10.4. The van der Waals surface area contributed by atoms with Crippen LogP contribution in [-0.2, 0) is 20.9 Å². The summed E-state index contributed by atoms with van der Waals surface area (Å²) in [6.07, 6.45) is 3.38. The molecule has 0 bridgehead atoms. The molecule has 0 saturated carbocycles. The number of carbonyl (C=O) groups excluding carboxylic acids is 3. The smallest absolute Gasteiger partial charge is 0.237 e. The molecule has 1 aromatic heterocycles. The number of likely N-dealkylation sites (tertiary alicyclic amines) is 1. The highest BCUT2D eigenvalue weighted by atomic mass is 32.1. The van der Waals surface area contributed by atoms with E-state index in [-0.39, 0.29) is 29.5 Å². The summed E-state index contributed by atoms with van der Waals surface area (Å²) >= 11 is 1.63. The van der Waals surface area contributed by atoms with Gasteiger partial charge >= 0.3 is 0 Å². The van der Waals surface area contributed by atoms with E-state index in [1.165, 1.54) is 0 Å². The maximum atomic E-state index is 12.5. The normalized spacial score (nSPS) is 16.6. The second-order valence-corrected chi connectivity index (χ2v) is 11.2. The van der Waals surface area contributed by atoms with Gasteiger partial charge in [-0.25, -0.2) is 4.98 Å². The number of carbonyl (C=O) groups is 3. The van der Waals surface area contributed by atoms with Crippen molar-refractivity contribution in [3.8, 4) is 16.2 Å². The number of ether oxygens (including phenoxy) is 1. The molecule has 1 aromatic carbocycles. The molecule has 8 nitrogen and oxygen atoms in total. The summed E-state index contributed by atoms with van der Waals surface area (Å²) in [4.78, 5) is 40.3. The van der Waals surface area contributed by atoms with E-state index in [0.29, 0.717) is 13.0 Å². The number of hydrogen-bond acceptors (Lipinski definition) is 7. The standard InChI is InChI=1S/C20H27N3O2S.C7H13NO2/c1-13(2)25-18-10-15(19-14(3)22-12-26-19)7-8-16(18)11-21-20(24)17-6-5-9-23(17)4;1-7(2,3)6(4-9)8-5-10/h7-8,10,12-13,17H,5-6,9,11H2,1-4H3,(H,21,24);4-6H,1-3H3,(H,8,10). The summed E-state index contributed by atoms with van der Waals surface area (Å²) in [7, 11) is 2.01. The largest absolute Gasteiger partial charge is 0.491 e. The SMILES string of the molecule is CC(C)(C)C(C=O)NC=O.Cc1ncsc1-c1ccc(CNC(=O)C2CCCN2C)c(OC(C)C)c1. The van der Waals surface area contributed by atoms with E-state index in [0.717, 1.165) is 53.1 Å². The van der Waals surface area contributed by atoms with Gasteiger partial charge in [-0.1, -0.05) is 32.9 Å². The lowest BCUT2D eigenvalue weighted by Gasteiger charge is -2.24. The van der Waals surface area contributed by atoms with Crippen LogP contribution in [-0.4, -0.2) is 60.3 Å². The molecule has 198 valence electrons. The summed E-state index contributed by atoms with van der Waals surface area (Å²) < 4.78 is 6.03. The summed E-state index contributed by atoms with van der Waals surface area (Å²) in [5, 5.41) is 5.50. The fourth-order valence-corrected chi connectivity index (χ4v) is 4.70. The first-order chi connectivity index (χ1) is 17.0. The molecule has 2 atom stereocenters. The lowest BCUT2D eigenvalue weighted by atomic mass is 9.88. The van der Waals surface area contributed by atoms with Crippen LogP contribution in [0.3, 0.4) is 0 Å². The van der Waals surface area contributed by atoms with E-state index >= 15 is 0 Å². The number of thiazole rings is 1. The van der Waals surface area contributed by atoms with E-state index < -0.39 is 0 Å². The Labute approximate surface area is 218 Å². The average molecular weight is 517 g/mol. The minimum atomic E-state index is -0.384. The van der Waals surface area contributed by atoms with Crippen molar-refractivity contribution in [3.63, 3.8) is 0 Å². The third-order valence-electron chi connectivity index (χ3n) is 6.03. The maximum absolute atomic E-state index is 12.5. The Morgan fingerprint density at radius 2 is 2.03 bits per heavy atom. The highest BCUT2D eigenvalue weighted by Gasteiger charge is 2.27. The van der Waals surface area contributed by atoms with Gasteiger partial charge in [-0.05, 0) is 64.3 Å². The number of hydrogen-bond donors (Lipinski definition) is 2. The first-order valence-corrected chi connectivity index (χ1v) is 13.2. The van der Waals surface area contributed by atoms with E-state index in [4.69, 9.17) is 4.74 Å². The van der Waals surface area contributed by atoms with Crippen LogP contribution in [0, 0.1) is 12.3 Å². The lowest BCUT2D eigenvalue weighted by molar-refractivity contribution is -0.125. The summed E-state index contributed by atoms with van der Waals surface area (Å²) in [6.45, 7) is 13.2. The second kappa shape index (κ2) is 13.5. The first kappa shape index (κ1) is 29.5. The number of rotatable bonds is 9. The van der Waals surface area contributed by atoms with Gasteiger partial charge in [0.05, 0.1) is 34.3 Å². The van der Waals surface area contributed by atoms with Crippen LogP contribution >= 0.6 is 11.3 Å². The molecule has 9 heteroatoms. The van der Waals surface area contributed by atoms with Crippen molar-refractivity contribution in [1.29, 1.82) is 0 Å². The number of nitrogens with zero attached hydrogens (tertiary/aromatic N) is 2. The van der Waals surface area contributed by atoms with Crippen molar-refractivity contribution in [2.75, 3.05) is 13.6 Å². The Kier molecular flexibility index (Phi) is 11.0. The zero-order valence-corrected chi connectivity index (χ0v) is 23.3. The van der Waals surface area contributed by atoms with Gasteiger partial charge in [0.15, 0.2) is 0 Å². The number of aldehydes is 1. The van der Waals surface area contributed by atoms with Crippen molar-refractivity contribution < 1.29 is 19.1 Å². The van der Waals surface area contributed by atoms with Crippen molar-refractivity contribution in [3.05, 3.63) is 35.0 Å². The molecule has 0 spiro atoms. The molecular weight excluding hydrogens is 476 g/mol. The molecule has 0 radical (unpaired) electrons. The topological polar surface area (TPSA) is 101 Å². The van der Waals surface area contributed by atoms with Gasteiger partial charge in [0, 0.05) is 12.1 Å². The molecule has 1 fully saturated rings. The van der Waals surface area contributed by atoms with Crippen LogP contribution in [0.2, 0.25) is 0 Å². The summed E-state index contributed by atoms with van der Waals surface area (Å²) in [5.41, 5.74) is 4.79. The predicted octanol–water partition coefficient (Wildman–Crippen LogP) is 3.96. The molecule has 3 rings (SSSR count). The Balaban J connectivity index is 0.000000388. The quantitative estimate of drug-likeness (QED) is 0.490. The Hall–Kier alpha value is -2.78. The summed E-state index contributed by atoms with van der Waals surface area (Å²) in [6, 6.07) is 5.79. The zero-order chi connectivity index (χ0) is 26.9. The Bertz CT molecular complexity index is 1020.